The van der Waals surface area contributed by atoms with Gasteiger partial charge in [0.2, 0.25) is 0 Å². The molecule has 0 unspecified atom stereocenters. The lowest BCUT2D eigenvalue weighted by molar-refractivity contribution is 0.0729. The minimum absolute atomic E-state index is 0.155. The topological polar surface area (TPSA) is 77.0 Å². The number of nitrogens with one attached hydrogen (secondary N) is 1. The second-order valence-electron chi connectivity index (χ2n) is 6.13. The molecule has 1 amide bonds. The fraction of sp³-hybridized carbons (Fsp3) is 0.0455. The lowest BCUT2D eigenvalue weighted by atomic mass is 10.2. The van der Waals surface area contributed by atoms with Gasteiger partial charge < -0.3 is 9.47 Å². The Morgan fingerprint density at radius 2 is 1.74 bits per heavy atom. The molecule has 3 aromatic rings. The van der Waals surface area contributed by atoms with E-state index in [9.17, 15) is 14.0 Å². The molecule has 0 saturated carbocycles. The van der Waals surface area contributed by atoms with Crippen molar-refractivity contribution in [1.29, 1.82) is 0 Å². The molecule has 0 bridgehead atoms. The summed E-state index contributed by atoms with van der Waals surface area (Å²) in [7, 11) is 1.42. The number of carbonyl (C=O) groups excluding carboxylic acids is 2. The van der Waals surface area contributed by atoms with E-state index < -0.39 is 17.7 Å². The van der Waals surface area contributed by atoms with Gasteiger partial charge in [0, 0.05) is 10.6 Å². The highest BCUT2D eigenvalue weighted by Crippen LogP contribution is 2.29. The van der Waals surface area contributed by atoms with Gasteiger partial charge in [0.05, 0.1) is 23.9 Å². The van der Waals surface area contributed by atoms with Gasteiger partial charge in [-0.3, -0.25) is 4.79 Å². The molecule has 0 atom stereocenters. The third kappa shape index (κ3) is 5.81. The van der Waals surface area contributed by atoms with Crippen molar-refractivity contribution in [2.24, 2.45) is 5.10 Å². The lowest BCUT2D eigenvalue weighted by Gasteiger charge is -2.10. The number of rotatable bonds is 6. The SMILES string of the molecule is COc1cc(/C=N/NC(=O)c2ccc(F)cc2)ccc1OC(=O)c1ccc(Cl)cc1Cl. The van der Waals surface area contributed by atoms with E-state index in [1.54, 1.807) is 12.1 Å². The van der Waals surface area contributed by atoms with Gasteiger partial charge in [0.1, 0.15) is 5.82 Å². The molecule has 0 heterocycles. The van der Waals surface area contributed by atoms with Crippen LogP contribution < -0.4 is 14.9 Å². The van der Waals surface area contributed by atoms with E-state index in [4.69, 9.17) is 32.7 Å². The maximum absolute atomic E-state index is 12.9. The third-order valence-electron chi connectivity index (χ3n) is 4.03. The van der Waals surface area contributed by atoms with Crippen molar-refractivity contribution in [3.63, 3.8) is 0 Å². The van der Waals surface area contributed by atoms with E-state index in [-0.39, 0.29) is 27.6 Å². The highest BCUT2D eigenvalue weighted by Gasteiger charge is 2.16. The molecule has 3 aromatic carbocycles. The number of esters is 1. The van der Waals surface area contributed by atoms with Crippen LogP contribution in [0.5, 0.6) is 11.5 Å². The maximum atomic E-state index is 12.9. The van der Waals surface area contributed by atoms with E-state index >= 15 is 0 Å². The molecule has 158 valence electrons. The summed E-state index contributed by atoms with van der Waals surface area (Å²) in [6.45, 7) is 0. The van der Waals surface area contributed by atoms with Gasteiger partial charge in [-0.2, -0.15) is 5.10 Å². The second kappa shape index (κ2) is 10.1. The minimum atomic E-state index is -0.673. The van der Waals surface area contributed by atoms with Crippen molar-refractivity contribution in [3.05, 3.63) is 93.2 Å². The largest absolute Gasteiger partial charge is 0.493 e. The molecule has 0 spiro atoms. The zero-order chi connectivity index (χ0) is 22.4. The van der Waals surface area contributed by atoms with E-state index in [0.29, 0.717) is 10.6 Å². The van der Waals surface area contributed by atoms with Crippen LogP contribution in [-0.2, 0) is 0 Å². The first kappa shape index (κ1) is 22.3. The Bertz CT molecular complexity index is 1150. The van der Waals surface area contributed by atoms with Crippen LogP contribution in [0.25, 0.3) is 0 Å². The van der Waals surface area contributed by atoms with E-state index in [0.717, 1.165) is 0 Å². The van der Waals surface area contributed by atoms with Crippen molar-refractivity contribution >= 4 is 41.3 Å². The van der Waals surface area contributed by atoms with Crippen LogP contribution in [0.3, 0.4) is 0 Å². The zero-order valence-corrected chi connectivity index (χ0v) is 17.6. The summed E-state index contributed by atoms with van der Waals surface area (Å²) in [5.74, 6) is -1.16. The molecule has 9 heteroatoms. The summed E-state index contributed by atoms with van der Waals surface area (Å²) >= 11 is 11.9. The van der Waals surface area contributed by atoms with Gasteiger partial charge in [-0.15, -0.1) is 0 Å². The van der Waals surface area contributed by atoms with Crippen LogP contribution in [0, 0.1) is 5.82 Å². The number of hydrogen-bond donors (Lipinski definition) is 1. The van der Waals surface area contributed by atoms with Gasteiger partial charge in [0.25, 0.3) is 5.91 Å². The molecule has 0 radical (unpaired) electrons. The molecular formula is C22H15Cl2FN2O4. The second-order valence-corrected chi connectivity index (χ2v) is 6.97. The number of halogens is 3. The Labute approximate surface area is 187 Å². The fourth-order valence-electron chi connectivity index (χ4n) is 2.49. The monoisotopic (exact) mass is 460 g/mol. The highest BCUT2D eigenvalue weighted by molar-refractivity contribution is 6.36. The number of nitrogens with zero attached hydrogens (tertiary/aromatic N) is 1. The highest BCUT2D eigenvalue weighted by atomic mass is 35.5. The van der Waals surface area contributed by atoms with E-state index in [1.165, 1.54) is 61.9 Å². The smallest absolute Gasteiger partial charge is 0.345 e. The fourth-order valence-corrected chi connectivity index (χ4v) is 2.98. The van der Waals surface area contributed by atoms with Crippen LogP contribution in [-0.4, -0.2) is 25.2 Å². The number of hydrogen-bond acceptors (Lipinski definition) is 5. The summed E-state index contributed by atoms with van der Waals surface area (Å²) in [5.41, 5.74) is 3.33. The third-order valence-corrected chi connectivity index (χ3v) is 4.58. The van der Waals surface area contributed by atoms with Gasteiger partial charge in [-0.25, -0.2) is 14.6 Å². The molecular weight excluding hydrogens is 446 g/mol. The van der Waals surface area contributed by atoms with Crippen molar-refractivity contribution in [2.75, 3.05) is 7.11 Å². The molecule has 0 aliphatic rings. The number of benzene rings is 3. The minimum Gasteiger partial charge on any atom is -0.493 e. The molecule has 0 fully saturated rings. The number of amides is 1. The van der Waals surface area contributed by atoms with Gasteiger partial charge >= 0.3 is 5.97 Å². The van der Waals surface area contributed by atoms with Crippen molar-refractivity contribution in [1.82, 2.24) is 5.43 Å². The van der Waals surface area contributed by atoms with Crippen LogP contribution >= 0.6 is 23.2 Å². The molecule has 31 heavy (non-hydrogen) atoms. The number of methoxy groups -OCH3 is 1. The molecule has 6 nitrogen and oxygen atoms in total. The Kier molecular flexibility index (Phi) is 7.23. The van der Waals surface area contributed by atoms with E-state index in [1.807, 2.05) is 0 Å². The maximum Gasteiger partial charge on any atom is 0.345 e. The number of ether oxygens (including phenoxy) is 2. The zero-order valence-electron chi connectivity index (χ0n) is 16.1. The van der Waals surface area contributed by atoms with Crippen LogP contribution in [0.15, 0.2) is 65.8 Å². The van der Waals surface area contributed by atoms with Crippen molar-refractivity contribution < 1.29 is 23.5 Å². The predicted octanol–water partition coefficient (Wildman–Crippen LogP) is 5.12. The first-order valence-corrected chi connectivity index (χ1v) is 9.57. The first-order chi connectivity index (χ1) is 14.9. The van der Waals surface area contributed by atoms with Gasteiger partial charge in [-0.05, 0) is 66.2 Å². The van der Waals surface area contributed by atoms with Crippen LogP contribution in [0.1, 0.15) is 26.3 Å². The van der Waals surface area contributed by atoms with Crippen LogP contribution in [0.2, 0.25) is 10.0 Å². The Morgan fingerprint density at radius 1 is 1.00 bits per heavy atom. The van der Waals surface area contributed by atoms with Crippen molar-refractivity contribution in [3.8, 4) is 11.5 Å². The molecule has 0 saturated heterocycles. The Morgan fingerprint density at radius 3 is 2.42 bits per heavy atom. The lowest BCUT2D eigenvalue weighted by Crippen LogP contribution is -2.17. The summed E-state index contributed by atoms with van der Waals surface area (Å²) < 4.78 is 23.6. The van der Waals surface area contributed by atoms with Gasteiger partial charge in [-0.1, -0.05) is 23.2 Å². The summed E-state index contributed by atoms with van der Waals surface area (Å²) in [4.78, 5) is 24.4. The average Bonchev–Trinajstić information content (AvgIpc) is 2.75. The first-order valence-electron chi connectivity index (χ1n) is 8.81. The number of carbonyl (C=O) groups is 2. The Hall–Kier alpha value is -3.42. The molecule has 0 aliphatic heterocycles. The summed E-state index contributed by atoms with van der Waals surface area (Å²) in [6, 6.07) is 14.2. The molecule has 1 N–H and O–H groups in total. The average molecular weight is 461 g/mol. The normalized spacial score (nSPS) is 10.7. The quantitative estimate of drug-likeness (QED) is 0.239. The van der Waals surface area contributed by atoms with Crippen LogP contribution in [0.4, 0.5) is 4.39 Å². The van der Waals surface area contributed by atoms with Crippen molar-refractivity contribution in [2.45, 2.75) is 0 Å². The summed E-state index contributed by atoms with van der Waals surface area (Å²) in [6.07, 6.45) is 1.38. The van der Waals surface area contributed by atoms with E-state index in [2.05, 4.69) is 10.5 Å². The Balaban J connectivity index is 1.69. The summed E-state index contributed by atoms with van der Waals surface area (Å²) in [5, 5.41) is 4.42. The number of hydrazone groups is 1. The molecule has 0 aliphatic carbocycles. The standard InChI is InChI=1S/C22H15Cl2FN2O4/c1-30-20-10-13(12-26-27-21(28)14-3-6-16(25)7-4-14)2-9-19(20)31-22(29)17-8-5-15(23)11-18(17)24/h2-12H,1H3,(H,27,28)/b26-12+. The molecule has 0 aromatic heterocycles. The predicted molar refractivity (Wildman–Crippen MR) is 116 cm³/mol. The molecule has 3 rings (SSSR count). The van der Waals surface area contributed by atoms with Gasteiger partial charge in [0.15, 0.2) is 11.5 Å².